The monoisotopic (exact) mass is 371 g/mol. The molecule has 2 saturated heterocycles. The van der Waals surface area contributed by atoms with Gasteiger partial charge in [0.05, 0.1) is 17.9 Å². The fraction of sp³-hybridized carbons (Fsp3) is 0.619. The summed E-state index contributed by atoms with van der Waals surface area (Å²) >= 11 is 0. The normalized spacial score (nSPS) is 24.7. The number of nitrogens with zero attached hydrogens (tertiary/aromatic N) is 2. The van der Waals surface area contributed by atoms with E-state index in [2.05, 4.69) is 16.3 Å². The van der Waals surface area contributed by atoms with Gasteiger partial charge in [-0.1, -0.05) is 18.2 Å². The van der Waals surface area contributed by atoms with Crippen molar-refractivity contribution >= 4 is 17.5 Å². The van der Waals surface area contributed by atoms with E-state index in [9.17, 15) is 9.59 Å². The van der Waals surface area contributed by atoms with Crippen LogP contribution < -0.4 is 5.32 Å². The van der Waals surface area contributed by atoms with Crippen LogP contribution in [0.25, 0.3) is 0 Å². The van der Waals surface area contributed by atoms with Crippen molar-refractivity contribution in [2.75, 3.05) is 51.8 Å². The van der Waals surface area contributed by atoms with Gasteiger partial charge in [0.25, 0.3) is 0 Å². The third-order valence-electron chi connectivity index (χ3n) is 6.52. The first-order valence-electron chi connectivity index (χ1n) is 10.0. The van der Waals surface area contributed by atoms with Gasteiger partial charge in [-0.2, -0.15) is 0 Å². The number of likely N-dealkylation sites (tertiary alicyclic amines) is 2. The Labute approximate surface area is 160 Å². The molecule has 1 spiro atoms. The van der Waals surface area contributed by atoms with Crippen LogP contribution in [-0.4, -0.2) is 68.1 Å². The first kappa shape index (κ1) is 18.4. The van der Waals surface area contributed by atoms with Gasteiger partial charge in [-0.15, -0.1) is 0 Å². The van der Waals surface area contributed by atoms with Crippen LogP contribution in [0.5, 0.6) is 0 Å². The Morgan fingerprint density at radius 3 is 2.81 bits per heavy atom. The van der Waals surface area contributed by atoms with Gasteiger partial charge >= 0.3 is 0 Å². The third kappa shape index (κ3) is 3.36. The van der Waals surface area contributed by atoms with Crippen LogP contribution in [0.4, 0.5) is 5.69 Å². The third-order valence-corrected chi connectivity index (χ3v) is 6.52. The molecule has 146 valence electrons. The fourth-order valence-corrected chi connectivity index (χ4v) is 4.92. The number of anilines is 1. The number of rotatable bonds is 4. The Kier molecular flexibility index (Phi) is 5.19. The van der Waals surface area contributed by atoms with Gasteiger partial charge in [-0.25, -0.2) is 0 Å². The number of carbonyl (C=O) groups is 2. The van der Waals surface area contributed by atoms with Crippen molar-refractivity contribution in [2.24, 2.45) is 5.92 Å². The molecule has 1 aromatic rings. The van der Waals surface area contributed by atoms with Crippen molar-refractivity contribution in [1.29, 1.82) is 0 Å². The topological polar surface area (TPSA) is 61.9 Å². The fourth-order valence-electron chi connectivity index (χ4n) is 4.92. The lowest BCUT2D eigenvalue weighted by atomic mass is 9.73. The van der Waals surface area contributed by atoms with Gasteiger partial charge in [-0.05, 0) is 43.9 Å². The summed E-state index contributed by atoms with van der Waals surface area (Å²) in [5, 5.41) is 3.03. The van der Waals surface area contributed by atoms with E-state index in [1.165, 1.54) is 0 Å². The lowest BCUT2D eigenvalue weighted by molar-refractivity contribution is -0.140. The lowest BCUT2D eigenvalue weighted by Crippen LogP contribution is -2.51. The van der Waals surface area contributed by atoms with Gasteiger partial charge in [0, 0.05) is 39.0 Å². The number of piperidine rings is 2. The Hall–Kier alpha value is -1.92. The Bertz CT molecular complexity index is 712. The number of methoxy groups -OCH3 is 1. The van der Waals surface area contributed by atoms with E-state index in [4.69, 9.17) is 4.74 Å². The van der Waals surface area contributed by atoms with Gasteiger partial charge in [-0.3, -0.25) is 9.59 Å². The summed E-state index contributed by atoms with van der Waals surface area (Å²) in [6.45, 7) is 4.80. The van der Waals surface area contributed by atoms with Crippen LogP contribution in [0, 0.1) is 5.92 Å². The molecule has 0 radical (unpaired) electrons. The largest absolute Gasteiger partial charge is 0.383 e. The minimum atomic E-state index is -0.454. The number of carbonyl (C=O) groups excluding carboxylic acids is 2. The Morgan fingerprint density at radius 1 is 1.26 bits per heavy atom. The highest BCUT2D eigenvalue weighted by atomic mass is 16.5. The highest BCUT2D eigenvalue weighted by Crippen LogP contribution is 2.44. The SMILES string of the molecule is COCCN1CCC[C@@H](C(=O)N2CCC3(CC2)C(=O)Nc2ccccc23)C1. The number of hydrogen-bond acceptors (Lipinski definition) is 4. The molecule has 0 unspecified atom stereocenters. The second-order valence-electron chi connectivity index (χ2n) is 8.04. The molecule has 0 saturated carbocycles. The standard InChI is InChI=1S/C21H29N3O3/c1-27-14-13-23-10-4-5-16(15-23)19(25)24-11-8-21(9-12-24)17-6-2-3-7-18(17)22-20(21)26/h2-3,6-7,16H,4-5,8-15H2,1H3,(H,22,26)/t16-/m1/s1. The summed E-state index contributed by atoms with van der Waals surface area (Å²) in [6.07, 6.45) is 3.45. The lowest BCUT2D eigenvalue weighted by Gasteiger charge is -2.41. The maximum atomic E-state index is 13.1. The Morgan fingerprint density at radius 2 is 2.04 bits per heavy atom. The van der Waals surface area contributed by atoms with Gasteiger partial charge in [0.1, 0.15) is 0 Å². The van der Waals surface area contributed by atoms with Crippen LogP contribution in [0.3, 0.4) is 0 Å². The number of fused-ring (bicyclic) bond motifs is 2. The number of ether oxygens (including phenoxy) is 1. The molecule has 27 heavy (non-hydrogen) atoms. The van der Waals surface area contributed by atoms with Crippen molar-refractivity contribution < 1.29 is 14.3 Å². The molecule has 3 aliphatic heterocycles. The zero-order valence-electron chi connectivity index (χ0n) is 16.1. The van der Waals surface area contributed by atoms with E-state index >= 15 is 0 Å². The van der Waals surface area contributed by atoms with Crippen LogP contribution in [0.15, 0.2) is 24.3 Å². The maximum Gasteiger partial charge on any atom is 0.235 e. The number of amides is 2. The van der Waals surface area contributed by atoms with Crippen molar-refractivity contribution in [1.82, 2.24) is 9.80 Å². The molecule has 3 heterocycles. The summed E-state index contributed by atoms with van der Waals surface area (Å²) in [4.78, 5) is 30.1. The van der Waals surface area contributed by atoms with Gasteiger partial charge < -0.3 is 19.9 Å². The summed E-state index contributed by atoms with van der Waals surface area (Å²) in [6, 6.07) is 7.97. The predicted molar refractivity (Wildman–Crippen MR) is 104 cm³/mol. The predicted octanol–water partition coefficient (Wildman–Crippen LogP) is 1.86. The van der Waals surface area contributed by atoms with Gasteiger partial charge in [0.15, 0.2) is 0 Å². The molecular weight excluding hydrogens is 342 g/mol. The second-order valence-corrected chi connectivity index (χ2v) is 8.04. The molecule has 0 aromatic heterocycles. The van der Waals surface area contributed by atoms with E-state index < -0.39 is 5.41 Å². The highest BCUT2D eigenvalue weighted by molar-refractivity contribution is 6.06. The van der Waals surface area contributed by atoms with E-state index in [1.54, 1.807) is 7.11 Å². The van der Waals surface area contributed by atoms with Crippen LogP contribution in [-0.2, 0) is 19.7 Å². The summed E-state index contributed by atoms with van der Waals surface area (Å²) in [7, 11) is 1.72. The molecule has 1 aromatic carbocycles. The van der Waals surface area contributed by atoms with E-state index in [0.717, 1.165) is 43.7 Å². The summed E-state index contributed by atoms with van der Waals surface area (Å²) in [5.41, 5.74) is 1.58. The molecule has 6 heteroatoms. The molecule has 1 atom stereocenters. The molecule has 2 amide bonds. The second kappa shape index (κ2) is 7.60. The molecule has 2 fully saturated rings. The minimum Gasteiger partial charge on any atom is -0.383 e. The van der Waals surface area contributed by atoms with Crippen molar-refractivity contribution in [2.45, 2.75) is 31.1 Å². The number of nitrogens with one attached hydrogen (secondary N) is 1. The minimum absolute atomic E-state index is 0.0781. The summed E-state index contributed by atoms with van der Waals surface area (Å²) in [5.74, 6) is 0.437. The average molecular weight is 371 g/mol. The van der Waals surface area contributed by atoms with Crippen molar-refractivity contribution in [3.05, 3.63) is 29.8 Å². The number of para-hydroxylation sites is 1. The van der Waals surface area contributed by atoms with E-state index in [1.807, 2.05) is 23.1 Å². The first-order chi connectivity index (χ1) is 13.1. The zero-order valence-corrected chi connectivity index (χ0v) is 16.1. The summed E-state index contributed by atoms with van der Waals surface area (Å²) < 4.78 is 5.17. The molecule has 0 bridgehead atoms. The zero-order chi connectivity index (χ0) is 18.9. The number of benzene rings is 1. The maximum absolute atomic E-state index is 13.1. The van der Waals surface area contributed by atoms with Crippen LogP contribution in [0.2, 0.25) is 0 Å². The molecule has 1 N–H and O–H groups in total. The first-order valence-corrected chi connectivity index (χ1v) is 10.0. The van der Waals surface area contributed by atoms with E-state index in [0.29, 0.717) is 32.5 Å². The quantitative estimate of drug-likeness (QED) is 0.878. The van der Waals surface area contributed by atoms with Crippen molar-refractivity contribution in [3.8, 4) is 0 Å². The Balaban J connectivity index is 1.39. The van der Waals surface area contributed by atoms with Crippen LogP contribution in [0.1, 0.15) is 31.2 Å². The van der Waals surface area contributed by atoms with E-state index in [-0.39, 0.29) is 17.7 Å². The smallest absolute Gasteiger partial charge is 0.235 e. The molecule has 6 nitrogen and oxygen atoms in total. The molecule has 4 rings (SSSR count). The number of hydrogen-bond donors (Lipinski definition) is 1. The van der Waals surface area contributed by atoms with Crippen LogP contribution >= 0.6 is 0 Å². The molecule has 3 aliphatic rings. The molecular formula is C21H29N3O3. The van der Waals surface area contributed by atoms with Gasteiger partial charge in [0.2, 0.25) is 11.8 Å². The highest BCUT2D eigenvalue weighted by Gasteiger charge is 2.49. The van der Waals surface area contributed by atoms with Crippen molar-refractivity contribution in [3.63, 3.8) is 0 Å². The molecule has 0 aliphatic carbocycles. The average Bonchev–Trinajstić information content (AvgIpc) is 2.98.